The highest BCUT2D eigenvalue weighted by Gasteiger charge is 2.23. The number of pyridine rings is 2. The molecule has 0 bridgehead atoms. The van der Waals surface area contributed by atoms with Gasteiger partial charge in [0.1, 0.15) is 5.82 Å². The van der Waals surface area contributed by atoms with Crippen LogP contribution in [0.1, 0.15) is 38.9 Å². The second kappa shape index (κ2) is 9.19. The Morgan fingerprint density at radius 3 is 2.38 bits per heavy atom. The molecular formula is C28H25N5O. The van der Waals surface area contributed by atoms with Crippen molar-refractivity contribution < 1.29 is 4.79 Å². The summed E-state index contributed by atoms with van der Waals surface area (Å²) in [6, 6.07) is 24.9. The van der Waals surface area contributed by atoms with E-state index in [1.54, 1.807) is 12.4 Å². The molecule has 3 heterocycles. The number of fused-ring (bicyclic) bond motifs is 1. The van der Waals surface area contributed by atoms with E-state index in [1.165, 1.54) is 0 Å². The van der Waals surface area contributed by atoms with Gasteiger partial charge in [-0.15, -0.1) is 0 Å². The van der Waals surface area contributed by atoms with Crippen molar-refractivity contribution >= 4 is 28.3 Å². The number of nitrogens with zero attached hydrogens (tertiary/aromatic N) is 2. The van der Waals surface area contributed by atoms with Crippen molar-refractivity contribution in [2.24, 2.45) is 0 Å². The molecule has 0 fully saturated rings. The molecule has 0 aliphatic carbocycles. The van der Waals surface area contributed by atoms with Crippen LogP contribution in [-0.4, -0.2) is 20.9 Å². The number of aromatic amines is 1. The molecule has 168 valence electrons. The van der Waals surface area contributed by atoms with Crippen LogP contribution in [0, 0.1) is 13.8 Å². The van der Waals surface area contributed by atoms with Gasteiger partial charge in [0.15, 0.2) is 0 Å². The van der Waals surface area contributed by atoms with Crippen molar-refractivity contribution in [1.82, 2.24) is 15.0 Å². The molecule has 0 spiro atoms. The predicted molar refractivity (Wildman–Crippen MR) is 136 cm³/mol. The molecule has 34 heavy (non-hydrogen) atoms. The molecule has 0 aliphatic heterocycles. The van der Waals surface area contributed by atoms with Gasteiger partial charge in [0.2, 0.25) is 0 Å². The van der Waals surface area contributed by atoms with Crippen molar-refractivity contribution in [1.29, 1.82) is 0 Å². The molecule has 1 amide bonds. The standard InChI is InChI=1S/C28H25N5O/c1-18-9-3-4-10-21(18)28(34)32-20-13-14-23-22(17-20)26(19(2)31-23)27(24-11-5-7-15-29-24)33-25-12-6-8-16-30-25/h3-17,27,31H,1-2H3,(H,30,33)(H,32,34). The van der Waals surface area contributed by atoms with Gasteiger partial charge in [0.05, 0.1) is 11.7 Å². The Morgan fingerprint density at radius 2 is 1.65 bits per heavy atom. The van der Waals surface area contributed by atoms with Crippen molar-refractivity contribution in [2.75, 3.05) is 10.6 Å². The Bertz CT molecular complexity index is 1440. The van der Waals surface area contributed by atoms with Crippen molar-refractivity contribution in [3.63, 3.8) is 0 Å². The van der Waals surface area contributed by atoms with Crippen molar-refractivity contribution in [2.45, 2.75) is 19.9 Å². The van der Waals surface area contributed by atoms with E-state index in [0.29, 0.717) is 5.56 Å². The third kappa shape index (κ3) is 4.26. The normalized spacial score (nSPS) is 11.8. The first-order valence-corrected chi connectivity index (χ1v) is 11.2. The molecule has 6 nitrogen and oxygen atoms in total. The molecule has 0 aliphatic rings. The molecule has 5 rings (SSSR count). The number of carbonyl (C=O) groups excluding carboxylic acids is 1. The molecule has 3 aromatic heterocycles. The van der Waals surface area contributed by atoms with Crippen LogP contribution in [0.25, 0.3) is 10.9 Å². The lowest BCUT2D eigenvalue weighted by Gasteiger charge is -2.20. The molecule has 6 heteroatoms. The van der Waals surface area contributed by atoms with E-state index in [-0.39, 0.29) is 11.9 Å². The number of hydrogen-bond donors (Lipinski definition) is 3. The highest BCUT2D eigenvalue weighted by Crippen LogP contribution is 2.35. The van der Waals surface area contributed by atoms with E-state index in [9.17, 15) is 4.79 Å². The number of carbonyl (C=O) groups is 1. The largest absolute Gasteiger partial charge is 0.358 e. The van der Waals surface area contributed by atoms with Gasteiger partial charge in [-0.3, -0.25) is 9.78 Å². The summed E-state index contributed by atoms with van der Waals surface area (Å²) in [4.78, 5) is 25.5. The zero-order valence-corrected chi connectivity index (χ0v) is 19.0. The fourth-order valence-electron chi connectivity index (χ4n) is 4.26. The minimum Gasteiger partial charge on any atom is -0.358 e. The first-order chi connectivity index (χ1) is 16.6. The number of anilines is 2. The fourth-order valence-corrected chi connectivity index (χ4v) is 4.26. The van der Waals surface area contributed by atoms with E-state index in [2.05, 4.69) is 32.5 Å². The maximum Gasteiger partial charge on any atom is 0.255 e. The quantitative estimate of drug-likeness (QED) is 0.297. The van der Waals surface area contributed by atoms with Crippen LogP contribution in [0.15, 0.2) is 91.3 Å². The minimum absolute atomic E-state index is 0.126. The number of H-pyrrole nitrogens is 1. The average molecular weight is 448 g/mol. The van der Waals surface area contributed by atoms with Crippen LogP contribution in [0.3, 0.4) is 0 Å². The van der Waals surface area contributed by atoms with Gasteiger partial charge in [-0.2, -0.15) is 0 Å². The van der Waals surface area contributed by atoms with E-state index in [0.717, 1.165) is 44.9 Å². The van der Waals surface area contributed by atoms with Gasteiger partial charge in [-0.05, 0) is 67.9 Å². The molecule has 3 N–H and O–H groups in total. The smallest absolute Gasteiger partial charge is 0.255 e. The maximum absolute atomic E-state index is 12.9. The Kier molecular flexibility index (Phi) is 5.79. The summed E-state index contributed by atoms with van der Waals surface area (Å²) >= 11 is 0. The minimum atomic E-state index is -0.229. The van der Waals surface area contributed by atoms with E-state index < -0.39 is 0 Å². The number of rotatable bonds is 6. The summed E-state index contributed by atoms with van der Waals surface area (Å²) < 4.78 is 0. The second-order valence-electron chi connectivity index (χ2n) is 8.24. The first-order valence-electron chi connectivity index (χ1n) is 11.2. The SMILES string of the molecule is Cc1ccccc1C(=O)Nc1ccc2[nH]c(C)c(C(Nc3ccccn3)c3ccccn3)c2c1. The molecule has 0 saturated heterocycles. The molecule has 1 unspecified atom stereocenters. The Balaban J connectivity index is 1.56. The monoisotopic (exact) mass is 447 g/mol. The number of hydrogen-bond acceptors (Lipinski definition) is 4. The molecule has 5 aromatic rings. The Hall–Kier alpha value is -4.45. The zero-order chi connectivity index (χ0) is 23.5. The van der Waals surface area contributed by atoms with Crippen LogP contribution >= 0.6 is 0 Å². The summed E-state index contributed by atoms with van der Waals surface area (Å²) in [5.41, 5.74) is 6.29. The third-order valence-corrected chi connectivity index (χ3v) is 5.91. The third-order valence-electron chi connectivity index (χ3n) is 5.91. The van der Waals surface area contributed by atoms with Crippen LogP contribution in [0.4, 0.5) is 11.5 Å². The van der Waals surface area contributed by atoms with Gasteiger partial charge in [0.25, 0.3) is 5.91 Å². The van der Waals surface area contributed by atoms with Gasteiger partial charge in [-0.1, -0.05) is 30.3 Å². The van der Waals surface area contributed by atoms with Crippen LogP contribution in [0.2, 0.25) is 0 Å². The van der Waals surface area contributed by atoms with E-state index in [1.807, 2.05) is 85.8 Å². The van der Waals surface area contributed by atoms with Gasteiger partial charge < -0.3 is 15.6 Å². The Morgan fingerprint density at radius 1 is 0.882 bits per heavy atom. The fraction of sp³-hybridized carbons (Fsp3) is 0.107. The summed E-state index contributed by atoms with van der Waals surface area (Å²) in [7, 11) is 0. The maximum atomic E-state index is 12.9. The lowest BCUT2D eigenvalue weighted by atomic mass is 9.99. The Labute approximate surface area is 198 Å². The summed E-state index contributed by atoms with van der Waals surface area (Å²) in [5, 5.41) is 7.61. The first kappa shape index (κ1) is 21.4. The summed E-state index contributed by atoms with van der Waals surface area (Å²) in [6.07, 6.45) is 3.56. The number of nitrogens with one attached hydrogen (secondary N) is 3. The van der Waals surface area contributed by atoms with E-state index >= 15 is 0 Å². The van der Waals surface area contributed by atoms with Crippen molar-refractivity contribution in [3.8, 4) is 0 Å². The van der Waals surface area contributed by atoms with Gasteiger partial charge >= 0.3 is 0 Å². The van der Waals surface area contributed by atoms with Crippen LogP contribution in [0.5, 0.6) is 0 Å². The van der Waals surface area contributed by atoms with Crippen LogP contribution < -0.4 is 10.6 Å². The van der Waals surface area contributed by atoms with Gasteiger partial charge in [0, 0.05) is 45.8 Å². The number of aryl methyl sites for hydroxylation is 2. The van der Waals surface area contributed by atoms with Crippen molar-refractivity contribution in [3.05, 3.63) is 119 Å². The lowest BCUT2D eigenvalue weighted by molar-refractivity contribution is 0.102. The lowest BCUT2D eigenvalue weighted by Crippen LogP contribution is -2.15. The molecule has 0 saturated carbocycles. The molecule has 1 atom stereocenters. The highest BCUT2D eigenvalue weighted by molar-refractivity contribution is 6.06. The number of aromatic nitrogens is 3. The molecule has 2 aromatic carbocycles. The summed E-state index contributed by atoms with van der Waals surface area (Å²) in [6.45, 7) is 3.99. The molecule has 0 radical (unpaired) electrons. The average Bonchev–Trinajstić information content (AvgIpc) is 3.19. The predicted octanol–water partition coefficient (Wildman–Crippen LogP) is 6.03. The zero-order valence-electron chi connectivity index (χ0n) is 19.0. The molecular weight excluding hydrogens is 422 g/mol. The van der Waals surface area contributed by atoms with Crippen LogP contribution in [-0.2, 0) is 0 Å². The topological polar surface area (TPSA) is 82.7 Å². The number of benzene rings is 2. The summed E-state index contributed by atoms with van der Waals surface area (Å²) in [5.74, 6) is 0.634. The second-order valence-corrected chi connectivity index (χ2v) is 8.24. The number of amides is 1. The van der Waals surface area contributed by atoms with E-state index in [4.69, 9.17) is 0 Å². The highest BCUT2D eigenvalue weighted by atomic mass is 16.1. The van der Waals surface area contributed by atoms with Gasteiger partial charge in [-0.25, -0.2) is 4.98 Å².